The maximum atomic E-state index is 12.2. The molecule has 0 radical (unpaired) electrons. The summed E-state index contributed by atoms with van der Waals surface area (Å²) in [6.07, 6.45) is 1.54. The summed E-state index contributed by atoms with van der Waals surface area (Å²) in [5, 5.41) is 3.11. The number of carbonyl (C=O) groups excluding carboxylic acids is 2. The van der Waals surface area contributed by atoms with Crippen molar-refractivity contribution in [3.05, 3.63) is 47.6 Å². The summed E-state index contributed by atoms with van der Waals surface area (Å²) in [6, 6.07) is 10.3. The lowest BCUT2D eigenvalue weighted by Crippen LogP contribution is -2.43. The van der Waals surface area contributed by atoms with Gasteiger partial charge in [-0.2, -0.15) is 0 Å². The third kappa shape index (κ3) is 2.87. The fraction of sp³-hybridized carbons (Fsp3) is 0.133. The van der Waals surface area contributed by atoms with Crippen molar-refractivity contribution in [2.75, 3.05) is 23.4 Å². The van der Waals surface area contributed by atoms with E-state index in [-0.39, 0.29) is 25.0 Å². The molecule has 0 bridgehead atoms. The molecule has 22 heavy (non-hydrogen) atoms. The van der Waals surface area contributed by atoms with Crippen LogP contribution in [0.4, 0.5) is 11.5 Å². The molecule has 0 atom stereocenters. The van der Waals surface area contributed by atoms with Gasteiger partial charge in [-0.25, -0.2) is 4.98 Å². The van der Waals surface area contributed by atoms with Crippen LogP contribution < -0.4 is 15.0 Å². The number of amides is 2. The van der Waals surface area contributed by atoms with Crippen LogP contribution in [0.3, 0.4) is 0 Å². The lowest BCUT2D eigenvalue weighted by molar-refractivity contribution is -0.123. The summed E-state index contributed by atoms with van der Waals surface area (Å²) in [5.41, 5.74) is 0.496. The topological polar surface area (TPSA) is 71.5 Å². The summed E-state index contributed by atoms with van der Waals surface area (Å²) in [7, 11) is 0. The fourth-order valence-electron chi connectivity index (χ4n) is 2.09. The van der Waals surface area contributed by atoms with E-state index in [9.17, 15) is 9.59 Å². The molecule has 0 fully saturated rings. The van der Waals surface area contributed by atoms with Crippen molar-refractivity contribution >= 4 is 34.9 Å². The lowest BCUT2D eigenvalue weighted by atomic mass is 10.3. The predicted octanol–water partition coefficient (Wildman–Crippen LogP) is 2.10. The van der Waals surface area contributed by atoms with Gasteiger partial charge in [0.2, 0.25) is 5.91 Å². The maximum absolute atomic E-state index is 12.2. The summed E-state index contributed by atoms with van der Waals surface area (Å²) >= 11 is 5.99. The molecule has 1 N–H and O–H groups in total. The summed E-state index contributed by atoms with van der Waals surface area (Å²) in [4.78, 5) is 29.5. The minimum Gasteiger partial charge on any atom is -0.480 e. The lowest BCUT2D eigenvalue weighted by Gasteiger charge is -2.27. The Morgan fingerprint density at radius 3 is 2.95 bits per heavy atom. The Morgan fingerprint density at radius 1 is 1.32 bits per heavy atom. The van der Waals surface area contributed by atoms with E-state index < -0.39 is 0 Å². The van der Waals surface area contributed by atoms with Gasteiger partial charge in [-0.1, -0.05) is 23.7 Å². The molecule has 112 valence electrons. The SMILES string of the molecule is O=C(CN1C(=O)COc2cccnc21)Nc1ccccc1Cl. The van der Waals surface area contributed by atoms with Gasteiger partial charge in [-0.15, -0.1) is 0 Å². The van der Waals surface area contributed by atoms with E-state index in [1.807, 2.05) is 0 Å². The molecule has 3 rings (SSSR count). The first-order valence-corrected chi connectivity index (χ1v) is 6.95. The van der Waals surface area contributed by atoms with Crippen LogP contribution in [0.2, 0.25) is 5.02 Å². The van der Waals surface area contributed by atoms with E-state index in [1.165, 1.54) is 4.90 Å². The number of hydrogen-bond acceptors (Lipinski definition) is 4. The van der Waals surface area contributed by atoms with E-state index in [1.54, 1.807) is 42.6 Å². The number of pyridine rings is 1. The Bertz CT molecular complexity index is 735. The van der Waals surface area contributed by atoms with Crippen LogP contribution in [-0.4, -0.2) is 29.9 Å². The van der Waals surface area contributed by atoms with Gasteiger partial charge in [-0.3, -0.25) is 14.5 Å². The van der Waals surface area contributed by atoms with E-state index in [4.69, 9.17) is 16.3 Å². The van der Waals surface area contributed by atoms with Crippen LogP contribution in [-0.2, 0) is 9.59 Å². The van der Waals surface area contributed by atoms with Crippen LogP contribution in [0.25, 0.3) is 0 Å². The zero-order valence-electron chi connectivity index (χ0n) is 11.5. The van der Waals surface area contributed by atoms with E-state index in [0.29, 0.717) is 22.3 Å². The highest BCUT2D eigenvalue weighted by Crippen LogP contribution is 2.29. The van der Waals surface area contributed by atoms with Gasteiger partial charge < -0.3 is 10.1 Å². The number of halogens is 1. The molecule has 2 heterocycles. The second-order valence-electron chi connectivity index (χ2n) is 4.62. The second kappa shape index (κ2) is 6.03. The number of nitrogens with one attached hydrogen (secondary N) is 1. The van der Waals surface area contributed by atoms with Crippen molar-refractivity contribution in [2.24, 2.45) is 0 Å². The Kier molecular flexibility index (Phi) is 3.93. The molecule has 2 amide bonds. The second-order valence-corrected chi connectivity index (χ2v) is 5.03. The van der Waals surface area contributed by atoms with Crippen molar-refractivity contribution in [1.82, 2.24) is 4.98 Å². The molecule has 6 nitrogen and oxygen atoms in total. The largest absolute Gasteiger partial charge is 0.480 e. The number of hydrogen-bond donors (Lipinski definition) is 1. The number of rotatable bonds is 3. The molecule has 0 spiro atoms. The third-order valence-electron chi connectivity index (χ3n) is 3.11. The highest BCUT2D eigenvalue weighted by molar-refractivity contribution is 6.33. The average Bonchev–Trinajstić information content (AvgIpc) is 2.52. The van der Waals surface area contributed by atoms with Gasteiger partial charge in [0.25, 0.3) is 5.91 Å². The molecule has 1 aromatic carbocycles. The standard InChI is InChI=1S/C15H12ClN3O3/c16-10-4-1-2-5-11(10)18-13(20)8-19-14(21)9-22-12-6-3-7-17-15(12)19/h1-7H,8-9H2,(H,18,20). The first-order valence-electron chi connectivity index (χ1n) is 6.58. The molecule has 1 aromatic heterocycles. The van der Waals surface area contributed by atoms with Crippen LogP contribution in [0.1, 0.15) is 0 Å². The van der Waals surface area contributed by atoms with Crippen LogP contribution >= 0.6 is 11.6 Å². The quantitative estimate of drug-likeness (QED) is 0.941. The molecule has 1 aliphatic heterocycles. The van der Waals surface area contributed by atoms with Gasteiger partial charge in [0, 0.05) is 6.20 Å². The number of ether oxygens (including phenoxy) is 1. The Balaban J connectivity index is 1.77. The van der Waals surface area contributed by atoms with E-state index in [2.05, 4.69) is 10.3 Å². The van der Waals surface area contributed by atoms with Crippen molar-refractivity contribution < 1.29 is 14.3 Å². The Hall–Kier alpha value is -2.60. The maximum Gasteiger partial charge on any atom is 0.266 e. The third-order valence-corrected chi connectivity index (χ3v) is 3.44. The molecule has 0 saturated heterocycles. The minimum absolute atomic E-state index is 0.113. The Morgan fingerprint density at radius 2 is 2.14 bits per heavy atom. The van der Waals surface area contributed by atoms with Crippen molar-refractivity contribution in [2.45, 2.75) is 0 Å². The minimum atomic E-state index is -0.361. The van der Waals surface area contributed by atoms with Gasteiger partial charge >= 0.3 is 0 Å². The highest BCUT2D eigenvalue weighted by atomic mass is 35.5. The smallest absolute Gasteiger partial charge is 0.266 e. The normalized spacial score (nSPS) is 13.3. The highest BCUT2D eigenvalue weighted by Gasteiger charge is 2.28. The fourth-order valence-corrected chi connectivity index (χ4v) is 2.28. The molecule has 0 unspecified atom stereocenters. The van der Waals surface area contributed by atoms with Crippen LogP contribution in [0.5, 0.6) is 5.75 Å². The molecular weight excluding hydrogens is 306 g/mol. The van der Waals surface area contributed by atoms with Crippen molar-refractivity contribution in [3.8, 4) is 5.75 Å². The summed E-state index contributed by atoms with van der Waals surface area (Å²) in [5.74, 6) is 0.140. The van der Waals surface area contributed by atoms with Crippen molar-refractivity contribution in [3.63, 3.8) is 0 Å². The number of carbonyl (C=O) groups is 2. The zero-order chi connectivity index (χ0) is 15.5. The molecule has 2 aromatic rings. The molecule has 0 aliphatic carbocycles. The summed E-state index contributed by atoms with van der Waals surface area (Å²) in [6.45, 7) is -0.268. The predicted molar refractivity (Wildman–Crippen MR) is 82.2 cm³/mol. The van der Waals surface area contributed by atoms with Crippen LogP contribution in [0, 0.1) is 0 Å². The van der Waals surface area contributed by atoms with E-state index >= 15 is 0 Å². The van der Waals surface area contributed by atoms with Gasteiger partial charge in [0.05, 0.1) is 10.7 Å². The van der Waals surface area contributed by atoms with Gasteiger partial charge in [0.1, 0.15) is 6.54 Å². The van der Waals surface area contributed by atoms with E-state index in [0.717, 1.165) is 0 Å². The monoisotopic (exact) mass is 317 g/mol. The van der Waals surface area contributed by atoms with Crippen LogP contribution in [0.15, 0.2) is 42.6 Å². The first kappa shape index (κ1) is 14.3. The number of aromatic nitrogens is 1. The number of para-hydroxylation sites is 1. The molecule has 7 heteroatoms. The van der Waals surface area contributed by atoms with Gasteiger partial charge in [-0.05, 0) is 24.3 Å². The van der Waals surface area contributed by atoms with Crippen molar-refractivity contribution in [1.29, 1.82) is 0 Å². The summed E-state index contributed by atoms with van der Waals surface area (Å²) < 4.78 is 5.28. The molecule has 1 aliphatic rings. The number of nitrogens with zero attached hydrogens (tertiary/aromatic N) is 2. The zero-order valence-corrected chi connectivity index (χ0v) is 12.2. The number of anilines is 2. The number of fused-ring (bicyclic) bond motifs is 1. The average molecular weight is 318 g/mol. The molecular formula is C15H12ClN3O3. The number of benzene rings is 1. The molecule has 0 saturated carbocycles. The van der Waals surface area contributed by atoms with Gasteiger partial charge in [0.15, 0.2) is 18.2 Å². The first-order chi connectivity index (χ1) is 10.6. The Labute approximate surface area is 131 Å².